The number of carboxylic acids is 1. The topological polar surface area (TPSA) is 101 Å². The average molecular weight is 331 g/mol. The van der Waals surface area contributed by atoms with E-state index in [1.807, 2.05) is 0 Å². The molecule has 0 aromatic heterocycles. The van der Waals surface area contributed by atoms with E-state index >= 15 is 0 Å². The van der Waals surface area contributed by atoms with Gasteiger partial charge >= 0.3 is 5.97 Å². The second-order valence-electron chi connectivity index (χ2n) is 5.00. The zero-order valence-corrected chi connectivity index (χ0v) is 13.0. The first-order valence-electron chi connectivity index (χ1n) is 6.53. The van der Waals surface area contributed by atoms with Crippen molar-refractivity contribution in [1.29, 1.82) is 0 Å². The van der Waals surface area contributed by atoms with Gasteiger partial charge in [0.15, 0.2) is 0 Å². The van der Waals surface area contributed by atoms with Gasteiger partial charge in [-0.1, -0.05) is 12.1 Å². The third-order valence-electron chi connectivity index (χ3n) is 3.26. The fourth-order valence-corrected chi connectivity index (χ4v) is 4.97. The number of carboxylic acid groups (broad SMARTS) is 1. The number of hydrogen-bond acceptors (Lipinski definition) is 4. The number of nitrogens with one attached hydrogen (secondary N) is 1. The van der Waals surface area contributed by atoms with Crippen molar-refractivity contribution in [3.63, 3.8) is 0 Å². The number of carbonyl (C=O) groups is 1. The molecule has 0 saturated carbocycles. The van der Waals surface area contributed by atoms with E-state index in [-0.39, 0.29) is 17.4 Å². The fraction of sp³-hybridized carbons (Fsp3) is 0.462. The Bertz CT molecular complexity index is 646. The normalized spacial score (nSPS) is 22.9. The van der Waals surface area contributed by atoms with E-state index in [0.717, 1.165) is 0 Å². The molecule has 0 aliphatic carbocycles. The monoisotopic (exact) mass is 331 g/mol. The van der Waals surface area contributed by atoms with Gasteiger partial charge < -0.3 is 5.11 Å². The maximum absolute atomic E-state index is 12.1. The molecular formula is C13H17NO5S2. The highest BCUT2D eigenvalue weighted by Crippen LogP contribution is 2.13. The van der Waals surface area contributed by atoms with Gasteiger partial charge in [0.05, 0.1) is 11.3 Å². The van der Waals surface area contributed by atoms with Crippen LogP contribution in [0.2, 0.25) is 0 Å². The summed E-state index contributed by atoms with van der Waals surface area (Å²) in [4.78, 5) is 10.9. The van der Waals surface area contributed by atoms with Crippen LogP contribution in [-0.2, 0) is 26.6 Å². The number of aromatic carboxylic acids is 1. The highest BCUT2D eigenvalue weighted by Gasteiger charge is 2.23. The zero-order valence-electron chi connectivity index (χ0n) is 11.3. The fourth-order valence-electron chi connectivity index (χ4n) is 2.22. The minimum absolute atomic E-state index is 0.0655. The van der Waals surface area contributed by atoms with Crippen LogP contribution in [0.1, 0.15) is 28.8 Å². The lowest BCUT2D eigenvalue weighted by Crippen LogP contribution is -2.40. The van der Waals surface area contributed by atoms with Gasteiger partial charge in [-0.05, 0) is 30.5 Å². The summed E-state index contributed by atoms with van der Waals surface area (Å²) in [7, 11) is -4.37. The lowest BCUT2D eigenvalue weighted by molar-refractivity contribution is 0.0696. The molecule has 0 radical (unpaired) electrons. The Kier molecular flexibility index (Phi) is 5.13. The second kappa shape index (κ2) is 6.67. The van der Waals surface area contributed by atoms with Crippen LogP contribution in [0.3, 0.4) is 0 Å². The Morgan fingerprint density at radius 2 is 2.00 bits per heavy atom. The molecular weight excluding hydrogens is 314 g/mol. The van der Waals surface area contributed by atoms with Crippen LogP contribution in [0.4, 0.5) is 0 Å². The van der Waals surface area contributed by atoms with Gasteiger partial charge in [0.1, 0.15) is 0 Å². The van der Waals surface area contributed by atoms with Crippen LogP contribution in [0.15, 0.2) is 24.3 Å². The van der Waals surface area contributed by atoms with Crippen LogP contribution in [0, 0.1) is 0 Å². The van der Waals surface area contributed by atoms with Crippen molar-refractivity contribution >= 4 is 26.8 Å². The Morgan fingerprint density at radius 1 is 1.33 bits per heavy atom. The molecule has 1 fully saturated rings. The third-order valence-corrected chi connectivity index (χ3v) is 6.05. The summed E-state index contributed by atoms with van der Waals surface area (Å²) in [5.41, 5.74) is 0.498. The quantitative estimate of drug-likeness (QED) is 0.828. The molecule has 1 aliphatic rings. The van der Waals surface area contributed by atoms with Crippen molar-refractivity contribution in [1.82, 2.24) is 4.72 Å². The van der Waals surface area contributed by atoms with Gasteiger partial charge in [-0.2, -0.15) is 0 Å². The van der Waals surface area contributed by atoms with E-state index in [9.17, 15) is 17.4 Å². The Labute approximate surface area is 126 Å². The maximum atomic E-state index is 12.1. The first-order chi connectivity index (χ1) is 9.85. The van der Waals surface area contributed by atoms with Gasteiger partial charge in [-0.3, -0.25) is 4.21 Å². The second-order valence-corrected chi connectivity index (χ2v) is 8.45. The van der Waals surface area contributed by atoms with Crippen LogP contribution in [0.5, 0.6) is 0 Å². The zero-order chi connectivity index (χ0) is 15.5. The molecule has 21 heavy (non-hydrogen) atoms. The number of hydrogen-bond donors (Lipinski definition) is 2. The number of rotatable bonds is 5. The van der Waals surface area contributed by atoms with Crippen LogP contribution in [0.25, 0.3) is 0 Å². The van der Waals surface area contributed by atoms with Gasteiger partial charge in [0.2, 0.25) is 10.0 Å². The van der Waals surface area contributed by atoms with Crippen LogP contribution in [-0.4, -0.2) is 41.3 Å². The van der Waals surface area contributed by atoms with E-state index in [1.165, 1.54) is 18.2 Å². The highest BCUT2D eigenvalue weighted by molar-refractivity contribution is 7.88. The van der Waals surface area contributed by atoms with Gasteiger partial charge in [-0.25, -0.2) is 17.9 Å². The summed E-state index contributed by atoms with van der Waals surface area (Å²) in [6.45, 7) is 0. The summed E-state index contributed by atoms with van der Waals surface area (Å²) >= 11 is 0. The summed E-state index contributed by atoms with van der Waals surface area (Å²) in [6.07, 6.45) is 1.14. The van der Waals surface area contributed by atoms with Crippen molar-refractivity contribution in [2.24, 2.45) is 0 Å². The predicted octanol–water partition coefficient (Wildman–Crippen LogP) is 0.715. The number of benzene rings is 1. The third kappa shape index (κ3) is 4.90. The Balaban J connectivity index is 2.02. The molecule has 0 bridgehead atoms. The van der Waals surface area contributed by atoms with Crippen molar-refractivity contribution < 1.29 is 22.5 Å². The van der Waals surface area contributed by atoms with E-state index < -0.39 is 26.8 Å². The highest BCUT2D eigenvalue weighted by atomic mass is 32.2. The predicted molar refractivity (Wildman–Crippen MR) is 80.1 cm³/mol. The minimum atomic E-state index is -3.54. The largest absolute Gasteiger partial charge is 0.478 e. The van der Waals surface area contributed by atoms with E-state index in [4.69, 9.17) is 5.11 Å². The van der Waals surface area contributed by atoms with E-state index in [2.05, 4.69) is 4.72 Å². The van der Waals surface area contributed by atoms with Crippen LogP contribution < -0.4 is 4.72 Å². The van der Waals surface area contributed by atoms with Gasteiger partial charge in [0, 0.05) is 28.3 Å². The van der Waals surface area contributed by atoms with Gasteiger partial charge in [0.25, 0.3) is 0 Å². The van der Waals surface area contributed by atoms with Gasteiger partial charge in [-0.15, -0.1) is 0 Å². The van der Waals surface area contributed by atoms with Crippen molar-refractivity contribution in [2.75, 3.05) is 11.5 Å². The summed E-state index contributed by atoms with van der Waals surface area (Å²) < 4.78 is 38.0. The summed E-state index contributed by atoms with van der Waals surface area (Å²) in [5, 5.41) is 8.90. The molecule has 1 saturated heterocycles. The molecule has 0 atom stereocenters. The molecule has 6 nitrogen and oxygen atoms in total. The lowest BCUT2D eigenvalue weighted by atomic mass is 10.1. The molecule has 2 rings (SSSR count). The smallest absolute Gasteiger partial charge is 0.335 e. The van der Waals surface area contributed by atoms with Crippen molar-refractivity contribution in [3.8, 4) is 0 Å². The molecule has 0 spiro atoms. The summed E-state index contributed by atoms with van der Waals surface area (Å²) in [5.74, 6) is -0.311. The first-order valence-corrected chi connectivity index (χ1v) is 9.67. The standard InChI is InChI=1S/C13H17NO5S2/c15-13(16)11-3-1-2-10(8-11)9-21(18,19)14-12-4-6-20(17)7-5-12/h1-3,8,12,14H,4-7,9H2,(H,15,16). The molecule has 2 N–H and O–H groups in total. The van der Waals surface area contributed by atoms with E-state index in [0.29, 0.717) is 29.9 Å². The molecule has 1 aromatic rings. The molecule has 0 amide bonds. The number of sulfonamides is 1. The molecule has 1 aromatic carbocycles. The molecule has 1 aliphatic heterocycles. The first kappa shape index (κ1) is 16.1. The molecule has 0 unspecified atom stereocenters. The maximum Gasteiger partial charge on any atom is 0.335 e. The minimum Gasteiger partial charge on any atom is -0.478 e. The Morgan fingerprint density at radius 3 is 2.62 bits per heavy atom. The SMILES string of the molecule is O=C(O)c1cccc(CS(=O)(=O)NC2CCS(=O)CC2)c1. The molecule has 116 valence electrons. The van der Waals surface area contributed by atoms with Crippen molar-refractivity contribution in [3.05, 3.63) is 35.4 Å². The Hall–Kier alpha value is -1.25. The van der Waals surface area contributed by atoms with E-state index in [1.54, 1.807) is 6.07 Å². The lowest BCUT2D eigenvalue weighted by Gasteiger charge is -2.22. The molecule has 8 heteroatoms. The summed E-state index contributed by atoms with van der Waals surface area (Å²) in [6, 6.07) is 5.70. The molecule has 1 heterocycles. The van der Waals surface area contributed by atoms with Crippen LogP contribution >= 0.6 is 0 Å². The van der Waals surface area contributed by atoms with Crippen molar-refractivity contribution in [2.45, 2.75) is 24.6 Å². The average Bonchev–Trinajstić information content (AvgIpc) is 2.41.